The second kappa shape index (κ2) is 9.19. The molecule has 5 nitrogen and oxygen atoms in total. The normalized spacial score (nSPS) is 16.2. The van der Waals surface area contributed by atoms with Gasteiger partial charge in [0, 0.05) is 26.1 Å². The molecule has 6 heteroatoms. The Bertz CT molecular complexity index is 464. The van der Waals surface area contributed by atoms with Crippen LogP contribution in [0.25, 0.3) is 0 Å². The smallest absolute Gasteiger partial charge is 0.193 e. The summed E-state index contributed by atoms with van der Waals surface area (Å²) in [5.74, 6) is 1.78. The van der Waals surface area contributed by atoms with E-state index in [2.05, 4.69) is 22.1 Å². The van der Waals surface area contributed by atoms with E-state index in [1.807, 2.05) is 37.4 Å². The quantitative estimate of drug-likeness (QED) is 0.437. The van der Waals surface area contributed by atoms with Crippen molar-refractivity contribution in [3.05, 3.63) is 30.3 Å². The number of guanidine groups is 1. The summed E-state index contributed by atoms with van der Waals surface area (Å²) >= 11 is 0. The fraction of sp³-hybridized carbons (Fsp3) is 0.562. The SMILES string of the molecule is CN=C(NCC1(C)COC1)N(C)CCOc1ccccc1.I. The summed E-state index contributed by atoms with van der Waals surface area (Å²) in [4.78, 5) is 6.39. The number of rotatable bonds is 6. The highest BCUT2D eigenvalue weighted by Crippen LogP contribution is 2.25. The Morgan fingerprint density at radius 3 is 2.59 bits per heavy atom. The predicted octanol–water partition coefficient (Wildman–Crippen LogP) is 2.23. The lowest BCUT2D eigenvalue weighted by Crippen LogP contribution is -2.51. The number of nitrogens with one attached hydrogen (secondary N) is 1. The maximum Gasteiger partial charge on any atom is 0.193 e. The summed E-state index contributed by atoms with van der Waals surface area (Å²) in [6, 6.07) is 9.85. The van der Waals surface area contributed by atoms with Gasteiger partial charge in [-0.2, -0.15) is 0 Å². The van der Waals surface area contributed by atoms with Gasteiger partial charge in [0.05, 0.1) is 19.8 Å². The molecule has 0 saturated carbocycles. The lowest BCUT2D eigenvalue weighted by molar-refractivity contribution is -0.0972. The summed E-state index contributed by atoms with van der Waals surface area (Å²) in [5.41, 5.74) is 0.233. The zero-order valence-electron chi connectivity index (χ0n) is 13.5. The van der Waals surface area contributed by atoms with Crippen LogP contribution in [0.5, 0.6) is 5.75 Å². The molecule has 0 radical (unpaired) electrons. The van der Waals surface area contributed by atoms with Crippen molar-refractivity contribution in [1.29, 1.82) is 0 Å². The molecule has 1 aliphatic rings. The second-order valence-electron chi connectivity index (χ2n) is 5.79. The van der Waals surface area contributed by atoms with Gasteiger partial charge in [0.15, 0.2) is 5.96 Å². The van der Waals surface area contributed by atoms with Crippen molar-refractivity contribution in [2.45, 2.75) is 6.92 Å². The third-order valence-corrected chi connectivity index (χ3v) is 3.59. The fourth-order valence-electron chi connectivity index (χ4n) is 2.15. The lowest BCUT2D eigenvalue weighted by Gasteiger charge is -2.39. The van der Waals surface area contributed by atoms with Crippen LogP contribution in [-0.4, -0.2) is 57.9 Å². The minimum Gasteiger partial charge on any atom is -0.492 e. The van der Waals surface area contributed by atoms with Gasteiger partial charge < -0.3 is 19.7 Å². The van der Waals surface area contributed by atoms with Gasteiger partial charge in [-0.05, 0) is 12.1 Å². The second-order valence-corrected chi connectivity index (χ2v) is 5.79. The fourth-order valence-corrected chi connectivity index (χ4v) is 2.15. The van der Waals surface area contributed by atoms with Crippen molar-refractivity contribution in [2.24, 2.45) is 10.4 Å². The van der Waals surface area contributed by atoms with E-state index in [4.69, 9.17) is 9.47 Å². The number of hydrogen-bond donors (Lipinski definition) is 1. The summed E-state index contributed by atoms with van der Waals surface area (Å²) < 4.78 is 11.0. The van der Waals surface area contributed by atoms with E-state index in [0.717, 1.165) is 38.0 Å². The van der Waals surface area contributed by atoms with Crippen LogP contribution in [-0.2, 0) is 4.74 Å². The van der Waals surface area contributed by atoms with Crippen LogP contribution in [0.3, 0.4) is 0 Å². The Hall–Kier alpha value is -1.02. The average molecular weight is 419 g/mol. The summed E-state index contributed by atoms with van der Waals surface area (Å²) in [5, 5.41) is 3.40. The number of nitrogens with zero attached hydrogens (tertiary/aromatic N) is 2. The standard InChI is InChI=1S/C16H25N3O2.HI/c1-16(12-20-13-16)11-18-15(17-2)19(3)9-10-21-14-7-5-4-6-8-14;/h4-8H,9-13H2,1-3H3,(H,17,18);1H. The van der Waals surface area contributed by atoms with E-state index < -0.39 is 0 Å². The van der Waals surface area contributed by atoms with Crippen LogP contribution in [0.1, 0.15) is 6.92 Å². The van der Waals surface area contributed by atoms with Crippen molar-refractivity contribution in [3.63, 3.8) is 0 Å². The number of hydrogen-bond acceptors (Lipinski definition) is 3. The Kier molecular flexibility index (Phi) is 7.95. The highest BCUT2D eigenvalue weighted by atomic mass is 127. The van der Waals surface area contributed by atoms with Gasteiger partial charge in [0.25, 0.3) is 0 Å². The zero-order chi connectivity index (χ0) is 15.1. The molecule has 1 saturated heterocycles. The van der Waals surface area contributed by atoms with Gasteiger partial charge in [0.2, 0.25) is 0 Å². The van der Waals surface area contributed by atoms with E-state index in [0.29, 0.717) is 6.61 Å². The van der Waals surface area contributed by atoms with Crippen molar-refractivity contribution >= 4 is 29.9 Å². The van der Waals surface area contributed by atoms with Gasteiger partial charge >= 0.3 is 0 Å². The van der Waals surface area contributed by atoms with Crippen LogP contribution in [0, 0.1) is 5.41 Å². The topological polar surface area (TPSA) is 46.1 Å². The molecule has 1 aromatic rings. The molecular formula is C16H26IN3O2. The van der Waals surface area contributed by atoms with Gasteiger partial charge in [-0.1, -0.05) is 25.1 Å². The monoisotopic (exact) mass is 419 g/mol. The van der Waals surface area contributed by atoms with E-state index >= 15 is 0 Å². The van der Waals surface area contributed by atoms with Crippen LogP contribution in [0.15, 0.2) is 35.3 Å². The van der Waals surface area contributed by atoms with Gasteiger partial charge in [0.1, 0.15) is 12.4 Å². The third-order valence-electron chi connectivity index (χ3n) is 3.59. The van der Waals surface area contributed by atoms with E-state index in [9.17, 15) is 0 Å². The maximum absolute atomic E-state index is 5.70. The van der Waals surface area contributed by atoms with E-state index in [1.54, 1.807) is 7.05 Å². The van der Waals surface area contributed by atoms with Crippen molar-refractivity contribution in [3.8, 4) is 5.75 Å². The van der Waals surface area contributed by atoms with Crippen molar-refractivity contribution in [2.75, 3.05) is 47.0 Å². The molecule has 0 aliphatic carbocycles. The molecule has 1 fully saturated rings. The van der Waals surface area contributed by atoms with Crippen LogP contribution in [0.4, 0.5) is 0 Å². The van der Waals surface area contributed by atoms with Crippen LogP contribution in [0.2, 0.25) is 0 Å². The number of halogens is 1. The summed E-state index contributed by atoms with van der Waals surface area (Å²) in [6.07, 6.45) is 0. The minimum absolute atomic E-state index is 0. The molecule has 22 heavy (non-hydrogen) atoms. The Labute approximate surface area is 150 Å². The Morgan fingerprint density at radius 1 is 1.36 bits per heavy atom. The summed E-state index contributed by atoms with van der Waals surface area (Å²) in [6.45, 7) is 6.14. The first-order valence-electron chi connectivity index (χ1n) is 7.30. The summed E-state index contributed by atoms with van der Waals surface area (Å²) in [7, 11) is 3.82. The minimum atomic E-state index is 0. The molecule has 1 N–H and O–H groups in total. The van der Waals surface area contributed by atoms with Crippen molar-refractivity contribution in [1.82, 2.24) is 10.2 Å². The molecule has 0 aromatic heterocycles. The number of benzene rings is 1. The molecule has 1 aliphatic heterocycles. The largest absolute Gasteiger partial charge is 0.492 e. The molecular weight excluding hydrogens is 393 g/mol. The third kappa shape index (κ3) is 5.64. The highest BCUT2D eigenvalue weighted by Gasteiger charge is 2.33. The predicted molar refractivity (Wildman–Crippen MR) is 100 cm³/mol. The molecule has 0 bridgehead atoms. The molecule has 0 atom stereocenters. The van der Waals surface area contributed by atoms with E-state index in [1.165, 1.54) is 0 Å². The first-order chi connectivity index (χ1) is 10.1. The van der Waals surface area contributed by atoms with Crippen LogP contribution >= 0.6 is 24.0 Å². The number of ether oxygens (including phenoxy) is 2. The molecule has 1 heterocycles. The first-order valence-corrected chi connectivity index (χ1v) is 7.30. The molecule has 0 spiro atoms. The Morgan fingerprint density at radius 2 is 2.05 bits per heavy atom. The van der Waals surface area contributed by atoms with Gasteiger partial charge in [-0.15, -0.1) is 24.0 Å². The first kappa shape index (κ1) is 19.0. The molecule has 124 valence electrons. The zero-order valence-corrected chi connectivity index (χ0v) is 15.9. The van der Waals surface area contributed by atoms with E-state index in [-0.39, 0.29) is 29.4 Å². The number of aliphatic imine (C=N–C) groups is 1. The molecule has 1 aromatic carbocycles. The highest BCUT2D eigenvalue weighted by molar-refractivity contribution is 14.0. The molecule has 0 amide bonds. The molecule has 0 unspecified atom stereocenters. The maximum atomic E-state index is 5.70. The number of likely N-dealkylation sites (N-methyl/N-ethyl adjacent to an activating group) is 1. The van der Waals surface area contributed by atoms with Crippen molar-refractivity contribution < 1.29 is 9.47 Å². The van der Waals surface area contributed by atoms with Gasteiger partial charge in [-0.3, -0.25) is 4.99 Å². The van der Waals surface area contributed by atoms with Crippen LogP contribution < -0.4 is 10.1 Å². The lowest BCUT2D eigenvalue weighted by atomic mass is 9.89. The average Bonchev–Trinajstić information content (AvgIpc) is 2.47. The van der Waals surface area contributed by atoms with Gasteiger partial charge in [-0.25, -0.2) is 0 Å². The Balaban J connectivity index is 0.00000242. The molecule has 2 rings (SSSR count). The number of para-hydroxylation sites is 1.